The number of carboxylic acid groups (broad SMARTS) is 1. The third kappa shape index (κ3) is 3.63. The second kappa shape index (κ2) is 8.78. The third-order valence-electron chi connectivity index (χ3n) is 7.80. The summed E-state index contributed by atoms with van der Waals surface area (Å²) in [7, 11) is 0. The summed E-state index contributed by atoms with van der Waals surface area (Å²) in [6.07, 6.45) is 2.15. The van der Waals surface area contributed by atoms with Gasteiger partial charge >= 0.3 is 12.1 Å². The predicted octanol–water partition coefficient (Wildman–Crippen LogP) is 4.02. The molecule has 3 atom stereocenters. The lowest BCUT2D eigenvalue weighted by molar-refractivity contribution is -0.156. The van der Waals surface area contributed by atoms with E-state index in [0.29, 0.717) is 19.4 Å². The van der Waals surface area contributed by atoms with Crippen LogP contribution in [-0.4, -0.2) is 53.2 Å². The number of amides is 2. The van der Waals surface area contributed by atoms with Crippen LogP contribution in [0.15, 0.2) is 48.5 Å². The normalized spacial score (nSPS) is 23.3. The van der Waals surface area contributed by atoms with Crippen LogP contribution < -0.4 is 5.32 Å². The molecule has 34 heavy (non-hydrogen) atoms. The Labute approximate surface area is 199 Å². The number of hydrogen-bond acceptors (Lipinski definition) is 4. The first kappa shape index (κ1) is 22.4. The number of fused-ring (bicyclic) bond motifs is 4. The number of nitrogens with one attached hydrogen (secondary N) is 1. The molecule has 178 valence electrons. The van der Waals surface area contributed by atoms with Crippen molar-refractivity contribution in [2.24, 2.45) is 11.8 Å². The highest BCUT2D eigenvalue weighted by Gasteiger charge is 2.67. The van der Waals surface area contributed by atoms with Gasteiger partial charge in [0.15, 0.2) is 0 Å². The topological polar surface area (TPSA) is 95.9 Å². The summed E-state index contributed by atoms with van der Waals surface area (Å²) in [4.78, 5) is 39.2. The molecular formula is C27H30N2O5. The van der Waals surface area contributed by atoms with E-state index in [4.69, 9.17) is 4.74 Å². The summed E-state index contributed by atoms with van der Waals surface area (Å²) in [6, 6.07) is 16.3. The Kier molecular flexibility index (Phi) is 5.80. The van der Waals surface area contributed by atoms with Gasteiger partial charge < -0.3 is 20.1 Å². The number of ether oxygens (including phenoxy) is 1. The van der Waals surface area contributed by atoms with Crippen molar-refractivity contribution < 1.29 is 24.2 Å². The number of carboxylic acids is 1. The first-order valence-corrected chi connectivity index (χ1v) is 12.1. The number of carbonyl (C=O) groups is 3. The van der Waals surface area contributed by atoms with E-state index >= 15 is 0 Å². The summed E-state index contributed by atoms with van der Waals surface area (Å²) < 4.78 is 5.58. The van der Waals surface area contributed by atoms with Crippen molar-refractivity contribution in [3.8, 4) is 11.1 Å². The van der Waals surface area contributed by atoms with Crippen LogP contribution in [0.2, 0.25) is 0 Å². The average molecular weight is 463 g/mol. The second-order valence-electron chi connectivity index (χ2n) is 9.57. The van der Waals surface area contributed by atoms with Crippen LogP contribution in [0.4, 0.5) is 4.79 Å². The first-order chi connectivity index (χ1) is 16.5. The van der Waals surface area contributed by atoms with Crippen LogP contribution in [0, 0.1) is 11.8 Å². The van der Waals surface area contributed by atoms with E-state index in [1.807, 2.05) is 31.2 Å². The van der Waals surface area contributed by atoms with Crippen LogP contribution >= 0.6 is 0 Å². The zero-order chi connectivity index (χ0) is 23.9. The minimum atomic E-state index is -1.04. The van der Waals surface area contributed by atoms with E-state index in [1.165, 1.54) is 0 Å². The summed E-state index contributed by atoms with van der Waals surface area (Å²) in [5.74, 6) is -1.56. The molecule has 1 unspecified atom stereocenters. The zero-order valence-corrected chi connectivity index (χ0v) is 19.3. The zero-order valence-electron chi connectivity index (χ0n) is 19.3. The van der Waals surface area contributed by atoms with Crippen molar-refractivity contribution >= 4 is 18.0 Å². The van der Waals surface area contributed by atoms with E-state index < -0.39 is 23.5 Å². The summed E-state index contributed by atoms with van der Waals surface area (Å²) in [5.41, 5.74) is 3.57. The minimum Gasteiger partial charge on any atom is -0.479 e. The molecule has 5 rings (SSSR count). The SMILES string of the molecule is CCC(CNC(=O)OCC1c2ccccc2-c2ccccc21)C(=O)N1CCC[C@@H]2C[C@@]21C(=O)O. The number of benzene rings is 2. The molecule has 2 amide bonds. The Balaban J connectivity index is 1.19. The Morgan fingerprint density at radius 1 is 1.12 bits per heavy atom. The molecule has 2 fully saturated rings. The van der Waals surface area contributed by atoms with Gasteiger partial charge in [0.1, 0.15) is 12.1 Å². The highest BCUT2D eigenvalue weighted by molar-refractivity contribution is 5.91. The summed E-state index contributed by atoms with van der Waals surface area (Å²) >= 11 is 0. The molecule has 2 aromatic carbocycles. The maximum absolute atomic E-state index is 13.2. The van der Waals surface area contributed by atoms with Crippen LogP contribution in [0.3, 0.4) is 0 Å². The van der Waals surface area contributed by atoms with Crippen molar-refractivity contribution in [2.75, 3.05) is 19.7 Å². The van der Waals surface area contributed by atoms with Gasteiger partial charge in [0.2, 0.25) is 5.91 Å². The quantitative estimate of drug-likeness (QED) is 0.648. The average Bonchev–Trinajstić information content (AvgIpc) is 3.54. The van der Waals surface area contributed by atoms with E-state index in [-0.39, 0.29) is 30.9 Å². The van der Waals surface area contributed by atoms with E-state index in [1.54, 1.807) is 4.90 Å². The number of rotatable bonds is 7. The lowest BCUT2D eigenvalue weighted by Crippen LogP contribution is -2.54. The molecule has 1 saturated heterocycles. The van der Waals surface area contributed by atoms with Crippen LogP contribution in [0.1, 0.15) is 49.7 Å². The van der Waals surface area contributed by atoms with Gasteiger partial charge in [-0.15, -0.1) is 0 Å². The molecule has 0 aromatic heterocycles. The summed E-state index contributed by atoms with van der Waals surface area (Å²) in [5, 5.41) is 12.5. The number of nitrogens with zero attached hydrogens (tertiary/aromatic N) is 1. The number of likely N-dealkylation sites (tertiary alicyclic amines) is 1. The molecule has 1 saturated carbocycles. The van der Waals surface area contributed by atoms with Gasteiger partial charge in [-0.2, -0.15) is 0 Å². The maximum Gasteiger partial charge on any atom is 0.407 e. The molecule has 7 heteroatoms. The first-order valence-electron chi connectivity index (χ1n) is 12.1. The number of carbonyl (C=O) groups excluding carboxylic acids is 2. The Hall–Kier alpha value is -3.35. The van der Waals surface area contributed by atoms with E-state index in [2.05, 4.69) is 29.6 Å². The van der Waals surface area contributed by atoms with Crippen LogP contribution in [-0.2, 0) is 14.3 Å². The summed E-state index contributed by atoms with van der Waals surface area (Å²) in [6.45, 7) is 2.68. The molecule has 0 radical (unpaired) electrons. The fourth-order valence-electron chi connectivity index (χ4n) is 5.85. The maximum atomic E-state index is 13.2. The monoisotopic (exact) mass is 462 g/mol. The molecule has 0 spiro atoms. The lowest BCUT2D eigenvalue weighted by Gasteiger charge is -2.36. The highest BCUT2D eigenvalue weighted by atomic mass is 16.5. The third-order valence-corrected chi connectivity index (χ3v) is 7.80. The lowest BCUT2D eigenvalue weighted by atomic mass is 9.97. The van der Waals surface area contributed by atoms with E-state index in [0.717, 1.165) is 35.1 Å². The van der Waals surface area contributed by atoms with Crippen molar-refractivity contribution in [1.29, 1.82) is 0 Å². The Morgan fingerprint density at radius 2 is 1.76 bits per heavy atom. The molecule has 1 heterocycles. The van der Waals surface area contributed by atoms with Crippen molar-refractivity contribution in [3.63, 3.8) is 0 Å². The fourth-order valence-corrected chi connectivity index (χ4v) is 5.85. The molecule has 1 aliphatic heterocycles. The molecule has 2 aromatic rings. The molecule has 2 N–H and O–H groups in total. The van der Waals surface area contributed by atoms with Gasteiger partial charge in [-0.1, -0.05) is 55.5 Å². The predicted molar refractivity (Wildman–Crippen MR) is 126 cm³/mol. The van der Waals surface area contributed by atoms with Crippen molar-refractivity contribution in [2.45, 2.75) is 44.1 Å². The molecule has 0 bridgehead atoms. The Bertz CT molecular complexity index is 1090. The van der Waals surface area contributed by atoms with Crippen LogP contribution in [0.25, 0.3) is 11.1 Å². The molecule has 2 aliphatic carbocycles. The minimum absolute atomic E-state index is 0.0303. The van der Waals surface area contributed by atoms with Crippen molar-refractivity contribution in [3.05, 3.63) is 59.7 Å². The molecule has 3 aliphatic rings. The van der Waals surface area contributed by atoms with Gasteiger partial charge in [-0.25, -0.2) is 9.59 Å². The van der Waals surface area contributed by atoms with Gasteiger partial charge in [-0.05, 0) is 53.9 Å². The number of piperidine rings is 1. The largest absolute Gasteiger partial charge is 0.479 e. The van der Waals surface area contributed by atoms with Crippen LogP contribution in [0.5, 0.6) is 0 Å². The second-order valence-corrected chi connectivity index (χ2v) is 9.57. The van der Waals surface area contributed by atoms with Gasteiger partial charge in [0, 0.05) is 19.0 Å². The van der Waals surface area contributed by atoms with Gasteiger partial charge in [-0.3, -0.25) is 4.79 Å². The van der Waals surface area contributed by atoms with E-state index in [9.17, 15) is 19.5 Å². The molecule has 7 nitrogen and oxygen atoms in total. The van der Waals surface area contributed by atoms with Gasteiger partial charge in [0.25, 0.3) is 0 Å². The molecular weight excluding hydrogens is 432 g/mol. The number of aliphatic carboxylic acids is 1. The number of alkyl carbamates (subject to hydrolysis) is 1. The standard InChI is InChI=1S/C27H30N2O5/c1-2-17(24(30)29-13-7-8-18-14-27(18,29)25(31)32)15-28-26(33)34-16-23-21-11-5-3-9-19(21)20-10-4-6-12-22(20)23/h3-6,9-12,17-18,23H,2,7-8,13-16H2,1H3,(H,28,33)(H,31,32)/t17?,18-,27+/m1/s1. The smallest absolute Gasteiger partial charge is 0.407 e. The Morgan fingerprint density at radius 3 is 2.38 bits per heavy atom. The fraction of sp³-hybridized carbons (Fsp3) is 0.444. The van der Waals surface area contributed by atoms with Gasteiger partial charge in [0.05, 0.1) is 5.92 Å². The highest BCUT2D eigenvalue weighted by Crippen LogP contribution is 2.54. The number of hydrogen-bond donors (Lipinski definition) is 2. The van der Waals surface area contributed by atoms with Crippen molar-refractivity contribution in [1.82, 2.24) is 10.2 Å².